The van der Waals surface area contributed by atoms with Gasteiger partial charge in [0.25, 0.3) is 0 Å². The summed E-state index contributed by atoms with van der Waals surface area (Å²) in [6.07, 6.45) is 0. The van der Waals surface area contributed by atoms with Crippen LogP contribution in [-0.2, 0) is 26.5 Å². The molecule has 0 rings (SSSR count). The first kappa shape index (κ1) is 9.67. The molecule has 40 valence electrons. The van der Waals surface area contributed by atoms with Crippen LogP contribution in [-0.4, -0.2) is 14.2 Å². The van der Waals surface area contributed by atoms with Crippen molar-refractivity contribution in [2.24, 2.45) is 0 Å². The number of methoxy groups -OCH3 is 2. The Balaban J connectivity index is 0. The minimum absolute atomic E-state index is 0. The minimum Gasteiger partial charge on any atom is -0.527 e. The first-order valence-electron chi connectivity index (χ1n) is 1.29. The smallest absolute Gasteiger partial charge is 0.00103 e. The molecule has 0 saturated carbocycles. The van der Waals surface area contributed by atoms with E-state index in [1.807, 2.05) is 0 Å². The molecule has 2 nitrogen and oxygen atoms in total. The van der Waals surface area contributed by atoms with Gasteiger partial charge in [0, 0.05) is 31.3 Å². The molecule has 0 aliphatic rings. The Morgan fingerprint density at radius 2 is 1.50 bits per heavy atom. The van der Waals surface area contributed by atoms with Crippen LogP contribution in [0.2, 0.25) is 0 Å². The van der Waals surface area contributed by atoms with Crippen LogP contribution in [0.3, 0.4) is 0 Å². The zero-order valence-corrected chi connectivity index (χ0v) is 4.85. The van der Waals surface area contributed by atoms with Crippen molar-refractivity contribution in [2.45, 2.75) is 0 Å². The maximum atomic E-state index is 4.34. The SMILES string of the molecule is CO[CH-]OC.[Fe]. The van der Waals surface area contributed by atoms with Crippen molar-refractivity contribution in [3.05, 3.63) is 6.79 Å². The molecule has 0 aromatic carbocycles. The topological polar surface area (TPSA) is 18.5 Å². The molecule has 0 aromatic rings. The standard InChI is InChI=1S/C3H7O2.Fe/c1-4-3-5-2;/h3H,1-2H3;/q-1;. The fourth-order valence-corrected chi connectivity index (χ4v) is 0.0962. The summed E-state index contributed by atoms with van der Waals surface area (Å²) in [5.74, 6) is 0. The predicted molar refractivity (Wildman–Crippen MR) is 18.3 cm³/mol. The molecule has 0 N–H and O–H groups in total. The molecule has 0 aliphatic heterocycles. The third-order valence-electron chi connectivity index (χ3n) is 0.192. The molecule has 0 aliphatic carbocycles. The molecule has 0 atom stereocenters. The fraction of sp³-hybridized carbons (Fsp3) is 0.667. The largest absolute Gasteiger partial charge is 0.527 e. The average Bonchev–Trinajstić information content (AvgIpc) is 1.41. The van der Waals surface area contributed by atoms with E-state index in [-0.39, 0.29) is 17.1 Å². The van der Waals surface area contributed by atoms with Crippen molar-refractivity contribution in [1.82, 2.24) is 0 Å². The molecule has 0 amide bonds. The van der Waals surface area contributed by atoms with E-state index < -0.39 is 0 Å². The summed E-state index contributed by atoms with van der Waals surface area (Å²) in [6, 6.07) is 0. The Morgan fingerprint density at radius 3 is 1.50 bits per heavy atom. The van der Waals surface area contributed by atoms with Gasteiger partial charge < -0.3 is 9.47 Å². The normalized spacial score (nSPS) is 7.00. The molecule has 0 fully saturated rings. The second-order valence-electron chi connectivity index (χ2n) is 0.568. The Morgan fingerprint density at radius 1 is 1.17 bits per heavy atom. The van der Waals surface area contributed by atoms with Gasteiger partial charge >= 0.3 is 0 Å². The van der Waals surface area contributed by atoms with Crippen LogP contribution >= 0.6 is 0 Å². The van der Waals surface area contributed by atoms with Gasteiger partial charge in [0.1, 0.15) is 0 Å². The fourth-order valence-electron chi connectivity index (χ4n) is 0.0962. The molecule has 0 radical (unpaired) electrons. The van der Waals surface area contributed by atoms with Crippen LogP contribution in [0.25, 0.3) is 0 Å². The summed E-state index contributed by atoms with van der Waals surface area (Å²) in [5.41, 5.74) is 0. The zero-order chi connectivity index (χ0) is 4.12. The quantitative estimate of drug-likeness (QED) is 0.398. The van der Waals surface area contributed by atoms with E-state index in [0.717, 1.165) is 0 Å². The van der Waals surface area contributed by atoms with E-state index >= 15 is 0 Å². The summed E-state index contributed by atoms with van der Waals surface area (Å²) < 4.78 is 8.69. The van der Waals surface area contributed by atoms with Gasteiger partial charge in [-0.25, -0.2) is 0 Å². The van der Waals surface area contributed by atoms with Crippen molar-refractivity contribution in [3.63, 3.8) is 0 Å². The van der Waals surface area contributed by atoms with Gasteiger partial charge in [-0.1, -0.05) is 6.79 Å². The first-order valence-corrected chi connectivity index (χ1v) is 1.29. The maximum Gasteiger partial charge on any atom is 0.00103 e. The van der Waals surface area contributed by atoms with Gasteiger partial charge in [-0.05, 0) is 0 Å². The molecule has 0 saturated heterocycles. The minimum atomic E-state index is 0. The van der Waals surface area contributed by atoms with E-state index in [9.17, 15) is 0 Å². The molecular weight excluding hydrogens is 124 g/mol. The summed E-state index contributed by atoms with van der Waals surface area (Å²) in [5, 5.41) is 0. The summed E-state index contributed by atoms with van der Waals surface area (Å²) in [4.78, 5) is 0. The first-order chi connectivity index (χ1) is 2.41. The van der Waals surface area contributed by atoms with Crippen LogP contribution in [0.15, 0.2) is 0 Å². The zero-order valence-electron chi connectivity index (χ0n) is 3.75. The van der Waals surface area contributed by atoms with Crippen LogP contribution < -0.4 is 0 Å². The molecule has 0 heterocycles. The van der Waals surface area contributed by atoms with Gasteiger partial charge in [0.05, 0.1) is 0 Å². The van der Waals surface area contributed by atoms with Crippen molar-refractivity contribution in [3.8, 4) is 0 Å². The maximum absolute atomic E-state index is 4.34. The molecule has 6 heavy (non-hydrogen) atoms. The van der Waals surface area contributed by atoms with E-state index in [2.05, 4.69) is 9.47 Å². The van der Waals surface area contributed by atoms with Crippen molar-refractivity contribution >= 4 is 0 Å². The Hall–Kier alpha value is 0.439. The van der Waals surface area contributed by atoms with Crippen LogP contribution in [0.1, 0.15) is 0 Å². The van der Waals surface area contributed by atoms with Gasteiger partial charge in [-0.2, -0.15) is 0 Å². The second kappa shape index (κ2) is 9.06. The molecular formula is C3H7FeO2-. The van der Waals surface area contributed by atoms with E-state index in [0.29, 0.717) is 0 Å². The van der Waals surface area contributed by atoms with E-state index in [4.69, 9.17) is 0 Å². The molecule has 0 spiro atoms. The Kier molecular flexibility index (Phi) is 14.6. The van der Waals surface area contributed by atoms with Crippen molar-refractivity contribution in [1.29, 1.82) is 0 Å². The average molecular weight is 131 g/mol. The second-order valence-corrected chi connectivity index (χ2v) is 0.568. The predicted octanol–water partition coefficient (Wildman–Crippen LogP) is 0.396. The van der Waals surface area contributed by atoms with Gasteiger partial charge in [0.2, 0.25) is 0 Å². The molecule has 3 heteroatoms. The van der Waals surface area contributed by atoms with Gasteiger partial charge in [-0.15, -0.1) is 0 Å². The van der Waals surface area contributed by atoms with Crippen molar-refractivity contribution < 1.29 is 26.5 Å². The van der Waals surface area contributed by atoms with Gasteiger partial charge in [0.15, 0.2) is 0 Å². The Labute approximate surface area is 48.3 Å². The summed E-state index contributed by atoms with van der Waals surface area (Å²) in [7, 11) is 3.06. The third-order valence-corrected chi connectivity index (χ3v) is 0.192. The third kappa shape index (κ3) is 8.83. The number of rotatable bonds is 2. The van der Waals surface area contributed by atoms with E-state index in [1.165, 1.54) is 21.0 Å². The van der Waals surface area contributed by atoms with Gasteiger partial charge in [-0.3, -0.25) is 0 Å². The van der Waals surface area contributed by atoms with E-state index in [1.54, 1.807) is 0 Å². The van der Waals surface area contributed by atoms with Crippen LogP contribution in [0.4, 0.5) is 0 Å². The Bertz CT molecular complexity index is 16.3. The molecule has 0 aromatic heterocycles. The monoisotopic (exact) mass is 131 g/mol. The number of hydrogen-bond acceptors (Lipinski definition) is 2. The van der Waals surface area contributed by atoms with Crippen molar-refractivity contribution in [2.75, 3.05) is 14.2 Å². The summed E-state index contributed by atoms with van der Waals surface area (Å²) in [6.45, 7) is 1.25. The summed E-state index contributed by atoms with van der Waals surface area (Å²) >= 11 is 0. The molecule has 0 bridgehead atoms. The van der Waals surface area contributed by atoms with Crippen LogP contribution in [0, 0.1) is 6.79 Å². The van der Waals surface area contributed by atoms with Crippen LogP contribution in [0.5, 0.6) is 0 Å². The number of hydrogen-bond donors (Lipinski definition) is 0. The molecule has 0 unspecified atom stereocenters. The number of ether oxygens (including phenoxy) is 2.